The van der Waals surface area contributed by atoms with Crippen molar-refractivity contribution >= 4 is 23.2 Å². The first-order valence-corrected chi connectivity index (χ1v) is 9.07. The van der Waals surface area contributed by atoms with Crippen molar-refractivity contribution in [2.24, 2.45) is 0 Å². The number of anilines is 1. The first-order chi connectivity index (χ1) is 14.1. The Morgan fingerprint density at radius 3 is 2.66 bits per heavy atom. The molecule has 146 valence electrons. The van der Waals surface area contributed by atoms with Crippen LogP contribution in [0.1, 0.15) is 10.4 Å². The van der Waals surface area contributed by atoms with Gasteiger partial charge in [0.2, 0.25) is 0 Å². The summed E-state index contributed by atoms with van der Waals surface area (Å²) >= 11 is 6.05. The highest BCUT2D eigenvalue weighted by Gasteiger charge is 2.21. The van der Waals surface area contributed by atoms with E-state index < -0.39 is 11.7 Å². The lowest BCUT2D eigenvalue weighted by molar-refractivity contribution is 0.102. The number of hydrogen-bond acceptors (Lipinski definition) is 3. The number of aromatic nitrogens is 3. The van der Waals surface area contributed by atoms with E-state index in [1.54, 1.807) is 47.3 Å². The van der Waals surface area contributed by atoms with Gasteiger partial charge < -0.3 is 14.6 Å². The molecule has 0 unspecified atom stereocenters. The Morgan fingerprint density at radius 1 is 1.14 bits per heavy atom. The maximum absolute atomic E-state index is 13.7. The topological polar surface area (TPSA) is 61.1 Å². The molecule has 2 heterocycles. The first-order valence-electron chi connectivity index (χ1n) is 8.69. The third-order valence-electron chi connectivity index (χ3n) is 4.30. The van der Waals surface area contributed by atoms with Crippen molar-refractivity contribution in [3.8, 4) is 17.3 Å². The summed E-state index contributed by atoms with van der Waals surface area (Å²) in [6.45, 7) is 0. The monoisotopic (exact) mass is 410 g/mol. The Hall–Kier alpha value is -3.58. The van der Waals surface area contributed by atoms with Crippen molar-refractivity contribution in [3.05, 3.63) is 89.6 Å². The number of rotatable bonds is 5. The van der Waals surface area contributed by atoms with Gasteiger partial charge in [0.25, 0.3) is 5.91 Å². The molecule has 1 amide bonds. The van der Waals surface area contributed by atoms with E-state index >= 15 is 0 Å². The molecular weight excluding hydrogens is 395 g/mol. The minimum atomic E-state index is -0.406. The van der Waals surface area contributed by atoms with Crippen LogP contribution in [0.3, 0.4) is 0 Å². The molecule has 0 saturated heterocycles. The first kappa shape index (κ1) is 18.8. The molecule has 0 bridgehead atoms. The summed E-state index contributed by atoms with van der Waals surface area (Å²) in [6.07, 6.45) is 5.00. The largest absolute Gasteiger partial charge is 0.495 e. The molecule has 0 aliphatic rings. The minimum Gasteiger partial charge on any atom is -0.495 e. The van der Waals surface area contributed by atoms with Crippen molar-refractivity contribution in [3.63, 3.8) is 0 Å². The average molecular weight is 411 g/mol. The van der Waals surface area contributed by atoms with Gasteiger partial charge in [0.15, 0.2) is 5.82 Å². The van der Waals surface area contributed by atoms with Gasteiger partial charge in [-0.2, -0.15) is 5.10 Å². The van der Waals surface area contributed by atoms with Crippen LogP contribution in [0.5, 0.6) is 5.75 Å². The fourth-order valence-electron chi connectivity index (χ4n) is 2.99. The maximum atomic E-state index is 13.7. The molecule has 29 heavy (non-hydrogen) atoms. The van der Waals surface area contributed by atoms with Crippen LogP contribution in [0.15, 0.2) is 73.2 Å². The number of nitrogens with zero attached hydrogens (tertiary/aromatic N) is 3. The van der Waals surface area contributed by atoms with Crippen LogP contribution in [-0.4, -0.2) is 27.4 Å². The summed E-state index contributed by atoms with van der Waals surface area (Å²) < 4.78 is 22.3. The van der Waals surface area contributed by atoms with Crippen molar-refractivity contribution in [2.75, 3.05) is 12.4 Å². The van der Waals surface area contributed by atoms with Gasteiger partial charge in [0.05, 0.1) is 24.7 Å². The highest BCUT2D eigenvalue weighted by molar-refractivity contribution is 6.31. The summed E-state index contributed by atoms with van der Waals surface area (Å²) in [7, 11) is 1.51. The van der Waals surface area contributed by atoms with E-state index in [-0.39, 0.29) is 0 Å². The number of amides is 1. The molecule has 4 aromatic rings. The van der Waals surface area contributed by atoms with Crippen LogP contribution in [-0.2, 0) is 0 Å². The molecule has 4 rings (SSSR count). The van der Waals surface area contributed by atoms with Gasteiger partial charge in [-0.25, -0.2) is 9.07 Å². The number of ether oxygens (including phenoxy) is 1. The molecule has 0 aliphatic heterocycles. The minimum absolute atomic E-state index is 0.299. The summed E-state index contributed by atoms with van der Waals surface area (Å²) in [5.74, 6) is 0.143. The lowest BCUT2D eigenvalue weighted by atomic mass is 10.2. The quantitative estimate of drug-likeness (QED) is 0.518. The zero-order valence-corrected chi connectivity index (χ0v) is 16.1. The van der Waals surface area contributed by atoms with E-state index in [1.807, 2.05) is 12.1 Å². The molecule has 0 aliphatic carbocycles. The molecule has 2 aromatic carbocycles. The van der Waals surface area contributed by atoms with Gasteiger partial charge in [0, 0.05) is 17.4 Å². The van der Waals surface area contributed by atoms with Gasteiger partial charge in [-0.05, 0) is 48.5 Å². The summed E-state index contributed by atoms with van der Waals surface area (Å²) in [6, 6.07) is 14.6. The zero-order chi connectivity index (χ0) is 20.4. The highest BCUT2D eigenvalue weighted by Crippen LogP contribution is 2.29. The van der Waals surface area contributed by atoms with E-state index in [1.165, 1.54) is 30.1 Å². The lowest BCUT2D eigenvalue weighted by Crippen LogP contribution is -2.16. The molecule has 0 fully saturated rings. The number of benzene rings is 2. The van der Waals surface area contributed by atoms with Crippen LogP contribution in [0, 0.1) is 5.82 Å². The Bertz CT molecular complexity index is 1170. The Balaban J connectivity index is 1.78. The van der Waals surface area contributed by atoms with Crippen LogP contribution >= 0.6 is 11.6 Å². The highest BCUT2D eigenvalue weighted by atomic mass is 35.5. The molecule has 0 spiro atoms. The molecule has 2 aromatic heterocycles. The van der Waals surface area contributed by atoms with Crippen LogP contribution in [0.25, 0.3) is 11.5 Å². The maximum Gasteiger partial charge on any atom is 0.261 e. The van der Waals surface area contributed by atoms with Gasteiger partial charge in [0.1, 0.15) is 17.1 Å². The lowest BCUT2D eigenvalue weighted by Gasteiger charge is -2.13. The zero-order valence-electron chi connectivity index (χ0n) is 15.3. The van der Waals surface area contributed by atoms with Crippen molar-refractivity contribution in [1.82, 2.24) is 14.3 Å². The van der Waals surface area contributed by atoms with E-state index in [9.17, 15) is 9.18 Å². The van der Waals surface area contributed by atoms with Gasteiger partial charge in [-0.3, -0.25) is 4.79 Å². The van der Waals surface area contributed by atoms with Gasteiger partial charge in [-0.15, -0.1) is 0 Å². The summed E-state index contributed by atoms with van der Waals surface area (Å²) in [5, 5.41) is 7.59. The van der Waals surface area contributed by atoms with Crippen molar-refractivity contribution in [1.29, 1.82) is 0 Å². The normalized spacial score (nSPS) is 10.7. The van der Waals surface area contributed by atoms with Gasteiger partial charge >= 0.3 is 0 Å². The number of nitrogens with one attached hydrogen (secondary N) is 1. The smallest absolute Gasteiger partial charge is 0.261 e. The Labute approximate surface area is 171 Å². The van der Waals surface area contributed by atoms with E-state index in [4.69, 9.17) is 16.3 Å². The third kappa shape index (κ3) is 3.72. The average Bonchev–Trinajstić information content (AvgIpc) is 3.37. The Morgan fingerprint density at radius 2 is 1.93 bits per heavy atom. The third-order valence-corrected chi connectivity index (χ3v) is 4.54. The second kappa shape index (κ2) is 7.81. The van der Waals surface area contributed by atoms with Gasteiger partial charge in [-0.1, -0.05) is 17.7 Å². The molecule has 0 radical (unpaired) electrons. The molecule has 0 saturated carbocycles. The SMILES string of the molecule is COc1ccc(Cl)cc1NC(=O)c1cnn(-c2cccc(F)c2)c1-n1cccc1. The molecule has 6 nitrogen and oxygen atoms in total. The van der Waals surface area contributed by atoms with E-state index in [0.717, 1.165) is 0 Å². The predicted octanol–water partition coefficient (Wildman–Crippen LogP) is 4.72. The number of carbonyl (C=O) groups is 1. The predicted molar refractivity (Wildman–Crippen MR) is 109 cm³/mol. The fourth-order valence-corrected chi connectivity index (χ4v) is 3.16. The summed E-state index contributed by atoms with van der Waals surface area (Å²) in [5.41, 5.74) is 1.22. The second-order valence-electron chi connectivity index (χ2n) is 6.16. The molecule has 1 N–H and O–H groups in total. The summed E-state index contributed by atoms with van der Waals surface area (Å²) in [4.78, 5) is 13.1. The molecule has 0 atom stereocenters. The van der Waals surface area contributed by atoms with E-state index in [2.05, 4.69) is 10.4 Å². The van der Waals surface area contributed by atoms with Crippen LogP contribution in [0.4, 0.5) is 10.1 Å². The Kier molecular flexibility index (Phi) is 5.05. The van der Waals surface area contributed by atoms with E-state index in [0.29, 0.717) is 33.5 Å². The van der Waals surface area contributed by atoms with Crippen LogP contribution < -0.4 is 10.1 Å². The molecular formula is C21H16ClFN4O2. The number of carbonyl (C=O) groups excluding carboxylic acids is 1. The number of halogens is 2. The number of methoxy groups -OCH3 is 1. The van der Waals surface area contributed by atoms with Crippen LogP contribution in [0.2, 0.25) is 5.02 Å². The molecule has 8 heteroatoms. The second-order valence-corrected chi connectivity index (χ2v) is 6.60. The fraction of sp³-hybridized carbons (Fsp3) is 0.0476. The standard InChI is InChI=1S/C21H16ClFN4O2/c1-29-19-8-7-14(22)11-18(19)25-20(28)17-13-24-27(16-6-4-5-15(23)12-16)21(17)26-9-2-3-10-26/h2-13H,1H3,(H,25,28). The van der Waals surface area contributed by atoms with Crippen molar-refractivity contribution in [2.45, 2.75) is 0 Å². The number of hydrogen-bond donors (Lipinski definition) is 1. The van der Waals surface area contributed by atoms with Crippen molar-refractivity contribution < 1.29 is 13.9 Å².